The first-order chi connectivity index (χ1) is 13.1. The Kier molecular flexibility index (Phi) is 6.60. The van der Waals surface area contributed by atoms with Gasteiger partial charge in [0.1, 0.15) is 5.75 Å². The van der Waals surface area contributed by atoms with Crippen molar-refractivity contribution in [2.24, 2.45) is 4.99 Å². The predicted octanol–water partition coefficient (Wildman–Crippen LogP) is 2.08. The van der Waals surface area contributed by atoms with E-state index in [-0.39, 0.29) is 11.5 Å². The third-order valence-corrected chi connectivity index (χ3v) is 5.71. The number of aryl methyl sites for hydroxylation is 1. The fourth-order valence-electron chi connectivity index (χ4n) is 4.10. The van der Waals surface area contributed by atoms with Gasteiger partial charge in [-0.1, -0.05) is 17.7 Å². The molecule has 0 amide bonds. The molecule has 2 heterocycles. The Balaban J connectivity index is 1.91. The van der Waals surface area contributed by atoms with Crippen molar-refractivity contribution in [1.29, 1.82) is 0 Å². The number of β-amino-alcohol motifs (C(OH)–C–C–N with tert-alkyl or cyclic N) is 1. The van der Waals surface area contributed by atoms with Gasteiger partial charge in [-0.2, -0.15) is 0 Å². The van der Waals surface area contributed by atoms with Gasteiger partial charge in [-0.15, -0.1) is 0 Å². The molecule has 0 bridgehead atoms. The molecule has 150 valence electrons. The smallest absolute Gasteiger partial charge is 0.194 e. The van der Waals surface area contributed by atoms with E-state index in [0.717, 1.165) is 57.3 Å². The Morgan fingerprint density at radius 3 is 2.81 bits per heavy atom. The van der Waals surface area contributed by atoms with Gasteiger partial charge >= 0.3 is 0 Å². The zero-order valence-corrected chi connectivity index (χ0v) is 16.8. The molecule has 6 heteroatoms. The summed E-state index contributed by atoms with van der Waals surface area (Å²) in [5.74, 6) is 1.82. The van der Waals surface area contributed by atoms with Crippen LogP contribution in [0.15, 0.2) is 23.2 Å². The van der Waals surface area contributed by atoms with E-state index in [1.54, 1.807) is 7.11 Å². The SMILES string of the molecule is CCNC(=NCC1(c2cc(C)ccc2OC)CCOCC1)N1CC[C@@H](O)C1. The van der Waals surface area contributed by atoms with Gasteiger partial charge in [0, 0.05) is 43.8 Å². The first-order valence-corrected chi connectivity index (χ1v) is 10.0. The minimum atomic E-state index is -0.261. The second-order valence-electron chi connectivity index (χ2n) is 7.66. The molecule has 2 aliphatic heterocycles. The number of aliphatic hydroxyl groups is 1. The minimum Gasteiger partial charge on any atom is -0.496 e. The highest BCUT2D eigenvalue weighted by Crippen LogP contribution is 2.40. The van der Waals surface area contributed by atoms with E-state index in [9.17, 15) is 5.11 Å². The Morgan fingerprint density at radius 1 is 1.41 bits per heavy atom. The van der Waals surface area contributed by atoms with Crippen molar-refractivity contribution >= 4 is 5.96 Å². The van der Waals surface area contributed by atoms with Crippen molar-refractivity contribution in [2.75, 3.05) is 46.5 Å². The molecule has 27 heavy (non-hydrogen) atoms. The van der Waals surface area contributed by atoms with Crippen LogP contribution in [-0.4, -0.2) is 68.6 Å². The molecular weight excluding hydrogens is 342 g/mol. The van der Waals surface area contributed by atoms with Crippen LogP contribution in [0.25, 0.3) is 0 Å². The van der Waals surface area contributed by atoms with E-state index in [1.807, 2.05) is 0 Å². The number of rotatable bonds is 5. The summed E-state index contributed by atoms with van der Waals surface area (Å²) in [6.45, 7) is 8.68. The molecule has 0 spiro atoms. The van der Waals surface area contributed by atoms with Crippen molar-refractivity contribution in [3.63, 3.8) is 0 Å². The Hall–Kier alpha value is -1.79. The summed E-state index contributed by atoms with van der Waals surface area (Å²) in [5, 5.41) is 13.3. The van der Waals surface area contributed by atoms with Crippen molar-refractivity contribution < 1.29 is 14.6 Å². The van der Waals surface area contributed by atoms with Crippen LogP contribution in [0.1, 0.15) is 37.3 Å². The lowest BCUT2D eigenvalue weighted by Gasteiger charge is -2.38. The second kappa shape index (κ2) is 8.93. The summed E-state index contributed by atoms with van der Waals surface area (Å²) in [6, 6.07) is 6.40. The summed E-state index contributed by atoms with van der Waals surface area (Å²) >= 11 is 0. The molecule has 1 aromatic carbocycles. The molecule has 2 aliphatic rings. The lowest BCUT2D eigenvalue weighted by atomic mass is 9.73. The van der Waals surface area contributed by atoms with E-state index >= 15 is 0 Å². The molecule has 2 saturated heterocycles. The van der Waals surface area contributed by atoms with Gasteiger partial charge in [0.15, 0.2) is 5.96 Å². The summed E-state index contributed by atoms with van der Waals surface area (Å²) < 4.78 is 11.4. The third-order valence-electron chi connectivity index (χ3n) is 5.71. The number of aliphatic imine (C=N–C) groups is 1. The van der Waals surface area contributed by atoms with Crippen LogP contribution < -0.4 is 10.1 Å². The number of nitrogens with zero attached hydrogens (tertiary/aromatic N) is 2. The van der Waals surface area contributed by atoms with Gasteiger partial charge in [0.25, 0.3) is 0 Å². The third kappa shape index (κ3) is 4.55. The van der Waals surface area contributed by atoms with Crippen LogP contribution in [0.3, 0.4) is 0 Å². The lowest BCUT2D eigenvalue weighted by molar-refractivity contribution is 0.0522. The minimum absolute atomic E-state index is 0.0887. The van der Waals surface area contributed by atoms with E-state index < -0.39 is 0 Å². The fraction of sp³-hybridized carbons (Fsp3) is 0.667. The van der Waals surface area contributed by atoms with Gasteiger partial charge in [-0.3, -0.25) is 4.99 Å². The molecule has 3 rings (SSSR count). The molecule has 6 nitrogen and oxygen atoms in total. The van der Waals surface area contributed by atoms with Gasteiger partial charge in [0.2, 0.25) is 0 Å². The van der Waals surface area contributed by atoms with Crippen LogP contribution in [-0.2, 0) is 10.2 Å². The van der Waals surface area contributed by atoms with Crippen molar-refractivity contribution in [3.05, 3.63) is 29.3 Å². The first-order valence-electron chi connectivity index (χ1n) is 10.0. The van der Waals surface area contributed by atoms with Crippen LogP contribution >= 0.6 is 0 Å². The van der Waals surface area contributed by atoms with Crippen LogP contribution in [0.2, 0.25) is 0 Å². The molecular formula is C21H33N3O3. The van der Waals surface area contributed by atoms with Gasteiger partial charge in [0.05, 0.1) is 19.8 Å². The highest BCUT2D eigenvalue weighted by molar-refractivity contribution is 5.80. The number of ether oxygens (including phenoxy) is 2. The normalized spacial score (nSPS) is 22.7. The zero-order chi connectivity index (χ0) is 19.3. The number of hydrogen-bond donors (Lipinski definition) is 2. The van der Waals surface area contributed by atoms with Gasteiger partial charge < -0.3 is 24.8 Å². The molecule has 1 aromatic rings. The molecule has 0 aromatic heterocycles. The highest BCUT2D eigenvalue weighted by Gasteiger charge is 2.37. The second-order valence-corrected chi connectivity index (χ2v) is 7.66. The van der Waals surface area contributed by atoms with Crippen LogP contribution in [0.5, 0.6) is 5.75 Å². The standard InChI is InChI=1S/C21H33N3O3/c1-4-22-20(24-10-7-17(25)14-24)23-15-21(8-11-27-12-9-21)18-13-16(2)5-6-19(18)26-3/h5-6,13,17,25H,4,7-12,14-15H2,1-3H3,(H,22,23)/t17-/m1/s1. The van der Waals surface area contributed by atoms with Crippen molar-refractivity contribution in [1.82, 2.24) is 10.2 Å². The Bertz CT molecular complexity index is 656. The fourth-order valence-corrected chi connectivity index (χ4v) is 4.10. The maximum atomic E-state index is 9.90. The average Bonchev–Trinajstić information content (AvgIpc) is 3.12. The van der Waals surface area contributed by atoms with Crippen molar-refractivity contribution in [2.45, 2.75) is 44.6 Å². The molecule has 0 aliphatic carbocycles. The number of hydrogen-bond acceptors (Lipinski definition) is 4. The maximum absolute atomic E-state index is 9.90. The first kappa shape index (κ1) is 20.0. The summed E-state index contributed by atoms with van der Waals surface area (Å²) in [7, 11) is 1.74. The molecule has 2 fully saturated rings. The molecule has 0 unspecified atom stereocenters. The molecule has 2 N–H and O–H groups in total. The van der Waals surface area contributed by atoms with E-state index in [2.05, 4.69) is 42.3 Å². The number of benzene rings is 1. The van der Waals surface area contributed by atoms with Crippen LogP contribution in [0.4, 0.5) is 0 Å². The van der Waals surface area contributed by atoms with E-state index in [1.165, 1.54) is 11.1 Å². The van der Waals surface area contributed by atoms with Gasteiger partial charge in [-0.05, 0) is 39.2 Å². The van der Waals surface area contributed by atoms with E-state index in [4.69, 9.17) is 14.5 Å². The maximum Gasteiger partial charge on any atom is 0.194 e. The van der Waals surface area contributed by atoms with Gasteiger partial charge in [-0.25, -0.2) is 0 Å². The number of methoxy groups -OCH3 is 1. The quantitative estimate of drug-likeness (QED) is 0.609. The monoisotopic (exact) mass is 375 g/mol. The zero-order valence-electron chi connectivity index (χ0n) is 16.8. The van der Waals surface area contributed by atoms with Crippen molar-refractivity contribution in [3.8, 4) is 5.75 Å². The summed E-state index contributed by atoms with van der Waals surface area (Å²) in [4.78, 5) is 7.18. The highest BCUT2D eigenvalue weighted by atomic mass is 16.5. The lowest BCUT2D eigenvalue weighted by Crippen LogP contribution is -2.43. The number of likely N-dealkylation sites (tertiary alicyclic amines) is 1. The molecule has 0 saturated carbocycles. The predicted molar refractivity (Wildman–Crippen MR) is 108 cm³/mol. The Morgan fingerprint density at radius 2 is 2.19 bits per heavy atom. The molecule has 1 atom stereocenters. The number of aliphatic hydroxyl groups excluding tert-OH is 1. The van der Waals surface area contributed by atoms with Crippen LogP contribution in [0, 0.1) is 6.92 Å². The van der Waals surface area contributed by atoms with E-state index in [0.29, 0.717) is 13.1 Å². The largest absolute Gasteiger partial charge is 0.496 e. The average molecular weight is 376 g/mol. The Labute approximate surface area is 162 Å². The number of nitrogens with one attached hydrogen (secondary N) is 1. The summed E-state index contributed by atoms with van der Waals surface area (Å²) in [5.41, 5.74) is 2.37. The number of guanidine groups is 1. The molecule has 0 radical (unpaired) electrons. The topological polar surface area (TPSA) is 66.3 Å². The summed E-state index contributed by atoms with van der Waals surface area (Å²) in [6.07, 6.45) is 2.40.